The fourth-order valence-electron chi connectivity index (χ4n) is 3.02. The second-order valence-corrected chi connectivity index (χ2v) is 6.51. The third kappa shape index (κ3) is 4.44. The molecule has 4 rings (SSSR count). The molecule has 0 aliphatic carbocycles. The topological polar surface area (TPSA) is 76.1 Å². The molecule has 0 saturated heterocycles. The third-order valence-corrected chi connectivity index (χ3v) is 4.49. The van der Waals surface area contributed by atoms with Crippen LogP contribution in [-0.4, -0.2) is 23.0 Å². The van der Waals surface area contributed by atoms with Crippen LogP contribution in [-0.2, 0) is 0 Å². The molecule has 0 radical (unpaired) electrons. The van der Waals surface area contributed by atoms with E-state index in [2.05, 4.69) is 20.6 Å². The first-order valence-electron chi connectivity index (χ1n) is 9.42. The number of rotatable bonds is 6. The zero-order valence-corrected chi connectivity index (χ0v) is 16.4. The number of nitrogens with zero attached hydrogens (tertiary/aromatic N) is 2. The van der Waals surface area contributed by atoms with E-state index in [-0.39, 0.29) is 5.91 Å². The number of hydrogen-bond donors (Lipinski definition) is 2. The molecule has 0 spiro atoms. The lowest BCUT2D eigenvalue weighted by molar-refractivity contribution is 0.102. The van der Waals surface area contributed by atoms with Gasteiger partial charge < -0.3 is 15.4 Å². The van der Waals surface area contributed by atoms with Crippen molar-refractivity contribution in [3.05, 3.63) is 96.8 Å². The standard InChI is InChI=1S/C24H20N4O2/c1-30-22-13-6-5-12-20(22)28-24(29)18-10-7-11-19(14-18)27-23-15-21(25-16-26-23)17-8-3-2-4-9-17/h2-16H,1H3,(H,28,29)(H,25,26,27). The number of ether oxygens (including phenoxy) is 1. The van der Waals surface area contributed by atoms with Crippen molar-refractivity contribution in [3.8, 4) is 17.0 Å². The second-order valence-electron chi connectivity index (χ2n) is 6.51. The first-order valence-corrected chi connectivity index (χ1v) is 9.42. The van der Waals surface area contributed by atoms with Crippen LogP contribution in [0.1, 0.15) is 10.4 Å². The van der Waals surface area contributed by atoms with Crippen molar-refractivity contribution in [2.75, 3.05) is 17.7 Å². The van der Waals surface area contributed by atoms with Crippen LogP contribution in [0.2, 0.25) is 0 Å². The molecule has 0 aliphatic rings. The van der Waals surface area contributed by atoms with Gasteiger partial charge in [0.05, 0.1) is 18.5 Å². The Bertz CT molecular complexity index is 1160. The van der Waals surface area contributed by atoms with Crippen LogP contribution >= 0.6 is 0 Å². The summed E-state index contributed by atoms with van der Waals surface area (Å²) in [4.78, 5) is 21.3. The van der Waals surface area contributed by atoms with E-state index in [9.17, 15) is 4.79 Å². The van der Waals surface area contributed by atoms with E-state index in [1.54, 1.807) is 31.4 Å². The summed E-state index contributed by atoms with van der Waals surface area (Å²) in [5, 5.41) is 6.12. The average molecular weight is 396 g/mol. The van der Waals surface area contributed by atoms with E-state index in [0.717, 1.165) is 16.9 Å². The highest BCUT2D eigenvalue weighted by Gasteiger charge is 2.10. The van der Waals surface area contributed by atoms with Gasteiger partial charge in [0.15, 0.2) is 0 Å². The van der Waals surface area contributed by atoms with Crippen LogP contribution < -0.4 is 15.4 Å². The summed E-state index contributed by atoms with van der Waals surface area (Å²) in [6, 6.07) is 26.3. The van der Waals surface area contributed by atoms with Gasteiger partial charge >= 0.3 is 0 Å². The number of hydrogen-bond acceptors (Lipinski definition) is 5. The lowest BCUT2D eigenvalue weighted by Crippen LogP contribution is -2.12. The van der Waals surface area contributed by atoms with E-state index in [1.165, 1.54) is 6.33 Å². The van der Waals surface area contributed by atoms with Crippen molar-refractivity contribution >= 4 is 23.1 Å². The summed E-state index contributed by atoms with van der Waals surface area (Å²) in [5.74, 6) is 1.02. The van der Waals surface area contributed by atoms with Crippen molar-refractivity contribution < 1.29 is 9.53 Å². The number of aromatic nitrogens is 2. The van der Waals surface area contributed by atoms with Gasteiger partial charge in [0.1, 0.15) is 17.9 Å². The van der Waals surface area contributed by atoms with Crippen LogP contribution in [0.4, 0.5) is 17.2 Å². The Kier molecular flexibility index (Phi) is 5.66. The van der Waals surface area contributed by atoms with E-state index in [0.29, 0.717) is 22.8 Å². The molecule has 1 heterocycles. The summed E-state index contributed by atoms with van der Waals surface area (Å²) in [6.45, 7) is 0. The van der Waals surface area contributed by atoms with Gasteiger partial charge in [-0.25, -0.2) is 9.97 Å². The Morgan fingerprint density at radius 1 is 0.867 bits per heavy atom. The Morgan fingerprint density at radius 3 is 2.50 bits per heavy atom. The zero-order valence-electron chi connectivity index (χ0n) is 16.4. The molecule has 0 aliphatic heterocycles. The molecular formula is C24H20N4O2. The molecule has 148 valence electrons. The SMILES string of the molecule is COc1ccccc1NC(=O)c1cccc(Nc2cc(-c3ccccc3)ncn2)c1. The summed E-state index contributed by atoms with van der Waals surface area (Å²) < 4.78 is 5.29. The number of carbonyl (C=O) groups is 1. The Morgan fingerprint density at radius 2 is 1.67 bits per heavy atom. The molecule has 0 unspecified atom stereocenters. The van der Waals surface area contributed by atoms with Gasteiger partial charge in [-0.2, -0.15) is 0 Å². The smallest absolute Gasteiger partial charge is 0.255 e. The number of anilines is 3. The average Bonchev–Trinajstić information content (AvgIpc) is 2.80. The van der Waals surface area contributed by atoms with Gasteiger partial charge in [-0.05, 0) is 30.3 Å². The minimum Gasteiger partial charge on any atom is -0.495 e. The van der Waals surface area contributed by atoms with E-state index in [1.807, 2.05) is 60.7 Å². The van der Waals surface area contributed by atoms with Crippen LogP contribution in [0.25, 0.3) is 11.3 Å². The fourth-order valence-corrected chi connectivity index (χ4v) is 3.02. The molecule has 0 bridgehead atoms. The molecule has 1 amide bonds. The molecule has 6 nitrogen and oxygen atoms in total. The molecule has 3 aromatic carbocycles. The molecule has 4 aromatic rings. The van der Waals surface area contributed by atoms with Crippen LogP contribution in [0, 0.1) is 0 Å². The third-order valence-electron chi connectivity index (χ3n) is 4.49. The minimum absolute atomic E-state index is 0.226. The van der Waals surface area contributed by atoms with Crippen molar-refractivity contribution in [2.45, 2.75) is 0 Å². The summed E-state index contributed by atoms with van der Waals surface area (Å²) in [7, 11) is 1.57. The van der Waals surface area contributed by atoms with E-state index >= 15 is 0 Å². The molecular weight excluding hydrogens is 376 g/mol. The van der Waals surface area contributed by atoms with Gasteiger partial charge in [0, 0.05) is 22.9 Å². The molecule has 0 saturated carbocycles. The molecule has 2 N–H and O–H groups in total. The summed E-state index contributed by atoms with van der Waals surface area (Å²) in [6.07, 6.45) is 1.52. The maximum absolute atomic E-state index is 12.7. The first kappa shape index (κ1) is 19.1. The van der Waals surface area contributed by atoms with Crippen molar-refractivity contribution in [3.63, 3.8) is 0 Å². The van der Waals surface area contributed by atoms with Gasteiger partial charge in [-0.15, -0.1) is 0 Å². The molecule has 6 heteroatoms. The van der Waals surface area contributed by atoms with Crippen molar-refractivity contribution in [1.82, 2.24) is 9.97 Å². The highest BCUT2D eigenvalue weighted by Crippen LogP contribution is 2.25. The van der Waals surface area contributed by atoms with Gasteiger partial charge in [-0.3, -0.25) is 4.79 Å². The lowest BCUT2D eigenvalue weighted by Gasteiger charge is -2.11. The number of nitrogens with one attached hydrogen (secondary N) is 2. The second kappa shape index (κ2) is 8.87. The maximum atomic E-state index is 12.7. The summed E-state index contributed by atoms with van der Waals surface area (Å²) in [5.41, 5.74) is 3.71. The van der Waals surface area contributed by atoms with Crippen LogP contribution in [0.3, 0.4) is 0 Å². The monoisotopic (exact) mass is 396 g/mol. The van der Waals surface area contributed by atoms with Gasteiger partial charge in [0.2, 0.25) is 0 Å². The predicted molar refractivity (Wildman–Crippen MR) is 118 cm³/mol. The van der Waals surface area contributed by atoms with Crippen molar-refractivity contribution in [2.24, 2.45) is 0 Å². The normalized spacial score (nSPS) is 10.3. The number of carbonyl (C=O) groups excluding carboxylic acids is 1. The van der Waals surface area contributed by atoms with Crippen molar-refractivity contribution in [1.29, 1.82) is 0 Å². The Balaban J connectivity index is 1.52. The Labute approximate surface area is 174 Å². The zero-order chi connectivity index (χ0) is 20.8. The molecule has 1 aromatic heterocycles. The number of amides is 1. The lowest BCUT2D eigenvalue weighted by atomic mass is 10.1. The highest BCUT2D eigenvalue weighted by molar-refractivity contribution is 6.05. The van der Waals surface area contributed by atoms with Crippen LogP contribution in [0.5, 0.6) is 5.75 Å². The first-order chi connectivity index (χ1) is 14.7. The van der Waals surface area contributed by atoms with E-state index in [4.69, 9.17) is 4.74 Å². The highest BCUT2D eigenvalue weighted by atomic mass is 16.5. The maximum Gasteiger partial charge on any atom is 0.255 e. The fraction of sp³-hybridized carbons (Fsp3) is 0.0417. The minimum atomic E-state index is -0.226. The number of benzene rings is 3. The summed E-state index contributed by atoms with van der Waals surface area (Å²) >= 11 is 0. The molecule has 0 fully saturated rings. The van der Waals surface area contributed by atoms with Gasteiger partial charge in [0.25, 0.3) is 5.91 Å². The largest absolute Gasteiger partial charge is 0.495 e. The molecule has 0 atom stereocenters. The molecule has 30 heavy (non-hydrogen) atoms. The number of para-hydroxylation sites is 2. The van der Waals surface area contributed by atoms with Crippen LogP contribution in [0.15, 0.2) is 91.3 Å². The Hall–Kier alpha value is -4.19. The number of methoxy groups -OCH3 is 1. The van der Waals surface area contributed by atoms with E-state index < -0.39 is 0 Å². The van der Waals surface area contributed by atoms with Gasteiger partial charge in [-0.1, -0.05) is 48.5 Å². The quantitative estimate of drug-likeness (QED) is 0.471. The predicted octanol–water partition coefficient (Wildman–Crippen LogP) is 5.15.